The highest BCUT2D eigenvalue weighted by Gasteiger charge is 2.35. The van der Waals surface area contributed by atoms with Crippen LogP contribution in [0.1, 0.15) is 27.1 Å². The highest BCUT2D eigenvalue weighted by atomic mass is 16.2. The number of para-hydroxylation sites is 2. The Bertz CT molecular complexity index is 1450. The van der Waals surface area contributed by atoms with Gasteiger partial charge < -0.3 is 9.55 Å². The van der Waals surface area contributed by atoms with Crippen molar-refractivity contribution in [2.75, 3.05) is 0 Å². The maximum Gasteiger partial charge on any atom is 0.172 e. The molecular weight excluding hydrogens is 324 g/mol. The number of benzene rings is 3. The maximum atomic E-state index is 12.8. The first-order valence-electron chi connectivity index (χ1n) is 8.66. The number of ketones is 2. The Kier molecular flexibility index (Phi) is 2.35. The van der Waals surface area contributed by atoms with Crippen molar-refractivity contribution < 1.29 is 9.59 Å². The quantitative estimate of drug-likeness (QED) is 0.415. The number of Topliss-reactive ketones (excluding diaryl/α,β-unsaturated/α-hetero) is 2. The number of carbonyl (C=O) groups excluding carboxylic acids is 2. The molecule has 0 bridgehead atoms. The van der Waals surface area contributed by atoms with Crippen molar-refractivity contribution in [3.63, 3.8) is 0 Å². The first-order chi connectivity index (χ1) is 12.7. The van der Waals surface area contributed by atoms with E-state index in [2.05, 4.69) is 15.6 Å². The monoisotopic (exact) mass is 338 g/mol. The summed E-state index contributed by atoms with van der Waals surface area (Å²) in [7, 11) is 2.02. The van der Waals surface area contributed by atoms with E-state index in [1.807, 2.05) is 49.5 Å². The SMILES string of the molecule is Cn1c2ccccc2c2c3c(c4c5ccccc5[nH]c4c21)C(=O)CC3=O. The third-order valence-corrected chi connectivity index (χ3v) is 5.68. The highest BCUT2D eigenvalue weighted by molar-refractivity contribution is 6.40. The third kappa shape index (κ3) is 1.42. The first-order valence-corrected chi connectivity index (χ1v) is 8.66. The zero-order valence-electron chi connectivity index (χ0n) is 14.1. The predicted molar refractivity (Wildman–Crippen MR) is 103 cm³/mol. The van der Waals surface area contributed by atoms with Gasteiger partial charge >= 0.3 is 0 Å². The summed E-state index contributed by atoms with van der Waals surface area (Å²) in [6.45, 7) is 0. The zero-order valence-corrected chi connectivity index (χ0v) is 14.1. The van der Waals surface area contributed by atoms with Gasteiger partial charge in [0.25, 0.3) is 0 Å². The van der Waals surface area contributed by atoms with E-state index in [4.69, 9.17) is 0 Å². The van der Waals surface area contributed by atoms with Gasteiger partial charge in [-0.1, -0.05) is 36.4 Å². The number of fused-ring (bicyclic) bond motifs is 10. The molecule has 0 saturated carbocycles. The first kappa shape index (κ1) is 13.8. The van der Waals surface area contributed by atoms with Crippen LogP contribution in [0, 0.1) is 0 Å². The van der Waals surface area contributed by atoms with Crippen LogP contribution in [-0.2, 0) is 7.05 Å². The molecule has 2 aromatic heterocycles. The number of nitrogens with zero attached hydrogens (tertiary/aromatic N) is 1. The van der Waals surface area contributed by atoms with Gasteiger partial charge in [0.1, 0.15) is 0 Å². The second-order valence-electron chi connectivity index (χ2n) is 6.99. The van der Waals surface area contributed by atoms with E-state index in [1.165, 1.54) is 0 Å². The lowest BCUT2D eigenvalue weighted by Crippen LogP contribution is -1.96. The number of H-pyrrole nitrogens is 1. The van der Waals surface area contributed by atoms with Gasteiger partial charge in [0.05, 0.1) is 17.5 Å². The summed E-state index contributed by atoms with van der Waals surface area (Å²) in [5, 5.41) is 3.79. The van der Waals surface area contributed by atoms with Crippen LogP contribution in [0.5, 0.6) is 0 Å². The minimum absolute atomic E-state index is 0.0354. The lowest BCUT2D eigenvalue weighted by Gasteiger charge is -2.06. The number of hydrogen-bond acceptors (Lipinski definition) is 2. The molecule has 4 nitrogen and oxygen atoms in total. The normalized spacial score (nSPS) is 14.3. The van der Waals surface area contributed by atoms with Crippen LogP contribution >= 0.6 is 0 Å². The molecule has 124 valence electrons. The number of hydrogen-bond donors (Lipinski definition) is 1. The lowest BCUT2D eigenvalue weighted by atomic mass is 9.97. The van der Waals surface area contributed by atoms with Gasteiger partial charge in [-0.25, -0.2) is 0 Å². The van der Waals surface area contributed by atoms with Crippen LogP contribution in [0.2, 0.25) is 0 Å². The number of aromatic amines is 1. The van der Waals surface area contributed by atoms with Gasteiger partial charge in [-0.3, -0.25) is 9.59 Å². The summed E-state index contributed by atoms with van der Waals surface area (Å²) in [5.74, 6) is -0.145. The molecule has 0 aliphatic heterocycles. The molecule has 0 saturated heterocycles. The Morgan fingerprint density at radius 3 is 2.31 bits per heavy atom. The molecule has 4 heteroatoms. The van der Waals surface area contributed by atoms with Crippen molar-refractivity contribution in [1.29, 1.82) is 0 Å². The average Bonchev–Trinajstić information content (AvgIpc) is 3.26. The van der Waals surface area contributed by atoms with E-state index >= 15 is 0 Å². The topological polar surface area (TPSA) is 54.9 Å². The minimum atomic E-state index is -0.0745. The van der Waals surface area contributed by atoms with Crippen molar-refractivity contribution in [2.45, 2.75) is 6.42 Å². The molecule has 5 aromatic rings. The Morgan fingerprint density at radius 2 is 1.50 bits per heavy atom. The lowest BCUT2D eigenvalue weighted by molar-refractivity contribution is 0.0924. The van der Waals surface area contributed by atoms with E-state index in [1.54, 1.807) is 0 Å². The Hall–Kier alpha value is -3.40. The van der Waals surface area contributed by atoms with E-state index in [-0.39, 0.29) is 18.0 Å². The number of aromatic nitrogens is 2. The van der Waals surface area contributed by atoms with Gasteiger partial charge in [0.15, 0.2) is 11.6 Å². The van der Waals surface area contributed by atoms with Crippen LogP contribution in [0.3, 0.4) is 0 Å². The molecule has 3 aromatic carbocycles. The van der Waals surface area contributed by atoms with Crippen molar-refractivity contribution in [3.8, 4) is 0 Å². The molecule has 0 atom stereocenters. The molecule has 0 radical (unpaired) electrons. The van der Waals surface area contributed by atoms with Gasteiger partial charge in [0, 0.05) is 50.8 Å². The molecule has 1 N–H and O–H groups in total. The number of rotatable bonds is 0. The van der Waals surface area contributed by atoms with E-state index in [0.29, 0.717) is 11.1 Å². The summed E-state index contributed by atoms with van der Waals surface area (Å²) in [4.78, 5) is 29.1. The van der Waals surface area contributed by atoms with Gasteiger partial charge in [-0.15, -0.1) is 0 Å². The molecule has 0 unspecified atom stereocenters. The molecular formula is C22H14N2O2. The van der Waals surface area contributed by atoms with Crippen LogP contribution in [0.4, 0.5) is 0 Å². The molecule has 0 amide bonds. The molecule has 26 heavy (non-hydrogen) atoms. The van der Waals surface area contributed by atoms with Crippen LogP contribution < -0.4 is 0 Å². The fraction of sp³-hybridized carbons (Fsp3) is 0.0909. The fourth-order valence-electron chi connectivity index (χ4n) is 4.65. The van der Waals surface area contributed by atoms with Gasteiger partial charge in [0.2, 0.25) is 0 Å². The van der Waals surface area contributed by atoms with E-state index in [9.17, 15) is 9.59 Å². The van der Waals surface area contributed by atoms with Crippen LogP contribution in [0.25, 0.3) is 43.6 Å². The van der Waals surface area contributed by atoms with Crippen LogP contribution in [0.15, 0.2) is 48.5 Å². The van der Waals surface area contributed by atoms with Gasteiger partial charge in [-0.2, -0.15) is 0 Å². The molecule has 6 rings (SSSR count). The molecule has 0 fully saturated rings. The van der Waals surface area contributed by atoms with Crippen LogP contribution in [-0.4, -0.2) is 21.1 Å². The Balaban J connectivity index is 2.07. The molecule has 0 spiro atoms. The maximum absolute atomic E-state index is 12.8. The Labute approximate surface area is 148 Å². The molecule has 1 aliphatic rings. The van der Waals surface area contributed by atoms with Crippen molar-refractivity contribution in [2.24, 2.45) is 7.05 Å². The van der Waals surface area contributed by atoms with E-state index < -0.39 is 0 Å². The summed E-state index contributed by atoms with van der Waals surface area (Å²) < 4.78 is 2.12. The minimum Gasteiger partial charge on any atom is -0.353 e. The number of carbonyl (C=O) groups is 2. The Morgan fingerprint density at radius 1 is 0.846 bits per heavy atom. The van der Waals surface area contributed by atoms with Crippen molar-refractivity contribution >= 4 is 55.2 Å². The summed E-state index contributed by atoms with van der Waals surface area (Å²) in [6.07, 6.45) is -0.0354. The van der Waals surface area contributed by atoms with E-state index in [0.717, 1.165) is 43.6 Å². The predicted octanol–water partition coefficient (Wildman–Crippen LogP) is 4.74. The average molecular weight is 338 g/mol. The van der Waals surface area contributed by atoms with Crippen molar-refractivity contribution in [1.82, 2.24) is 9.55 Å². The molecule has 2 heterocycles. The number of nitrogens with one attached hydrogen (secondary N) is 1. The number of aryl methyl sites for hydroxylation is 1. The second-order valence-corrected chi connectivity index (χ2v) is 6.99. The highest BCUT2D eigenvalue weighted by Crippen LogP contribution is 2.44. The second kappa shape index (κ2) is 4.41. The molecule has 1 aliphatic carbocycles. The summed E-state index contributed by atoms with van der Waals surface area (Å²) in [6, 6.07) is 16.0. The third-order valence-electron chi connectivity index (χ3n) is 5.68. The zero-order chi connectivity index (χ0) is 17.6. The summed E-state index contributed by atoms with van der Waals surface area (Å²) in [5.41, 5.74) is 5.14. The standard InChI is InChI=1S/C22H14N2O2/c1-24-14-9-5-3-7-12(14)18-20-16(26)10-15(25)19(20)17-11-6-2-4-8-13(11)23-21(17)22(18)24/h2-9,23H,10H2,1H3. The van der Waals surface area contributed by atoms with Gasteiger partial charge in [-0.05, 0) is 12.1 Å². The summed E-state index contributed by atoms with van der Waals surface area (Å²) >= 11 is 0. The van der Waals surface area contributed by atoms with Crippen molar-refractivity contribution in [3.05, 3.63) is 59.7 Å². The smallest absolute Gasteiger partial charge is 0.172 e. The largest absolute Gasteiger partial charge is 0.353 e. The fourth-order valence-corrected chi connectivity index (χ4v) is 4.65.